The first-order valence-corrected chi connectivity index (χ1v) is 5.73. The SMILES string of the molecule is Cn1cc(CNCC2CCNCC2)cn1. The molecule has 1 aromatic rings. The summed E-state index contributed by atoms with van der Waals surface area (Å²) in [5, 5.41) is 11.0. The molecule has 2 rings (SSSR count). The van der Waals surface area contributed by atoms with Crippen LogP contribution in [0.4, 0.5) is 0 Å². The lowest BCUT2D eigenvalue weighted by Crippen LogP contribution is -2.33. The van der Waals surface area contributed by atoms with Crippen molar-refractivity contribution < 1.29 is 0 Å². The summed E-state index contributed by atoms with van der Waals surface area (Å²) in [5.74, 6) is 0.850. The molecule has 84 valence electrons. The zero-order chi connectivity index (χ0) is 10.5. The average Bonchev–Trinajstić information content (AvgIpc) is 2.66. The van der Waals surface area contributed by atoms with Gasteiger partial charge in [-0.2, -0.15) is 5.10 Å². The molecule has 2 N–H and O–H groups in total. The first-order valence-electron chi connectivity index (χ1n) is 5.73. The first kappa shape index (κ1) is 10.6. The molecule has 1 saturated heterocycles. The van der Waals surface area contributed by atoms with Crippen LogP contribution in [0.3, 0.4) is 0 Å². The molecule has 4 nitrogen and oxygen atoms in total. The van der Waals surface area contributed by atoms with Crippen molar-refractivity contribution in [2.45, 2.75) is 19.4 Å². The monoisotopic (exact) mass is 208 g/mol. The summed E-state index contributed by atoms with van der Waals surface area (Å²) >= 11 is 0. The van der Waals surface area contributed by atoms with Crippen molar-refractivity contribution in [3.05, 3.63) is 18.0 Å². The number of nitrogens with one attached hydrogen (secondary N) is 2. The molecular formula is C11H20N4. The van der Waals surface area contributed by atoms with Crippen LogP contribution in [0.1, 0.15) is 18.4 Å². The van der Waals surface area contributed by atoms with Crippen LogP contribution < -0.4 is 10.6 Å². The lowest BCUT2D eigenvalue weighted by atomic mass is 9.98. The molecule has 0 saturated carbocycles. The predicted octanol–water partition coefficient (Wildman–Crippen LogP) is 0.509. The van der Waals surface area contributed by atoms with Gasteiger partial charge in [-0.3, -0.25) is 4.68 Å². The second kappa shape index (κ2) is 5.28. The lowest BCUT2D eigenvalue weighted by molar-refractivity contribution is 0.356. The van der Waals surface area contributed by atoms with Gasteiger partial charge in [-0.05, 0) is 38.4 Å². The van der Waals surface area contributed by atoms with Crippen LogP contribution in [0.15, 0.2) is 12.4 Å². The molecular weight excluding hydrogens is 188 g/mol. The molecule has 0 bridgehead atoms. The zero-order valence-corrected chi connectivity index (χ0v) is 9.37. The van der Waals surface area contributed by atoms with Gasteiger partial charge in [-0.25, -0.2) is 0 Å². The van der Waals surface area contributed by atoms with Crippen molar-refractivity contribution in [2.24, 2.45) is 13.0 Å². The molecule has 0 amide bonds. The maximum atomic E-state index is 4.15. The van der Waals surface area contributed by atoms with Gasteiger partial charge < -0.3 is 10.6 Å². The number of aryl methyl sites for hydroxylation is 1. The summed E-state index contributed by atoms with van der Waals surface area (Å²) in [6.07, 6.45) is 6.60. The molecule has 1 fully saturated rings. The molecule has 1 aliphatic rings. The molecule has 4 heteroatoms. The summed E-state index contributed by atoms with van der Waals surface area (Å²) in [6.45, 7) is 4.44. The van der Waals surface area contributed by atoms with Crippen LogP contribution in [0.25, 0.3) is 0 Å². The Labute approximate surface area is 91.1 Å². The van der Waals surface area contributed by atoms with Gasteiger partial charge in [0.15, 0.2) is 0 Å². The Kier molecular flexibility index (Phi) is 3.75. The average molecular weight is 208 g/mol. The second-order valence-corrected chi connectivity index (χ2v) is 4.35. The normalized spacial score (nSPS) is 18.2. The lowest BCUT2D eigenvalue weighted by Gasteiger charge is -2.22. The Morgan fingerprint density at radius 2 is 2.33 bits per heavy atom. The van der Waals surface area contributed by atoms with Gasteiger partial charge in [-0.15, -0.1) is 0 Å². The van der Waals surface area contributed by atoms with Crippen molar-refractivity contribution in [3.8, 4) is 0 Å². The van der Waals surface area contributed by atoms with E-state index in [-0.39, 0.29) is 0 Å². The third-order valence-corrected chi connectivity index (χ3v) is 2.98. The van der Waals surface area contributed by atoms with E-state index < -0.39 is 0 Å². The van der Waals surface area contributed by atoms with Crippen molar-refractivity contribution in [1.82, 2.24) is 20.4 Å². The molecule has 0 aromatic carbocycles. The van der Waals surface area contributed by atoms with Crippen LogP contribution >= 0.6 is 0 Å². The molecule has 1 aromatic heterocycles. The summed E-state index contributed by atoms with van der Waals surface area (Å²) in [4.78, 5) is 0. The maximum Gasteiger partial charge on any atom is 0.0534 e. The minimum Gasteiger partial charge on any atom is -0.317 e. The number of rotatable bonds is 4. The highest BCUT2D eigenvalue weighted by Gasteiger charge is 2.11. The number of piperidine rings is 1. The van der Waals surface area contributed by atoms with Crippen LogP contribution in [0.5, 0.6) is 0 Å². The van der Waals surface area contributed by atoms with E-state index in [2.05, 4.69) is 21.9 Å². The van der Waals surface area contributed by atoms with E-state index in [0.717, 1.165) is 19.0 Å². The predicted molar refractivity (Wildman–Crippen MR) is 60.5 cm³/mol. The van der Waals surface area contributed by atoms with Gasteiger partial charge in [0.05, 0.1) is 6.20 Å². The van der Waals surface area contributed by atoms with E-state index in [0.29, 0.717) is 0 Å². The number of hydrogen-bond donors (Lipinski definition) is 2. The van der Waals surface area contributed by atoms with E-state index in [1.807, 2.05) is 17.9 Å². The molecule has 0 spiro atoms. The minimum atomic E-state index is 0.850. The molecule has 0 unspecified atom stereocenters. The number of hydrogen-bond acceptors (Lipinski definition) is 3. The Morgan fingerprint density at radius 3 is 3.00 bits per heavy atom. The van der Waals surface area contributed by atoms with Crippen molar-refractivity contribution >= 4 is 0 Å². The maximum absolute atomic E-state index is 4.15. The highest BCUT2D eigenvalue weighted by Crippen LogP contribution is 2.10. The third-order valence-electron chi connectivity index (χ3n) is 2.98. The van der Waals surface area contributed by atoms with Gasteiger partial charge in [0.2, 0.25) is 0 Å². The molecule has 0 radical (unpaired) electrons. The Morgan fingerprint density at radius 1 is 1.53 bits per heavy atom. The van der Waals surface area contributed by atoms with E-state index in [4.69, 9.17) is 0 Å². The van der Waals surface area contributed by atoms with Gasteiger partial charge in [0.25, 0.3) is 0 Å². The number of aromatic nitrogens is 2. The highest BCUT2D eigenvalue weighted by molar-refractivity contribution is 5.02. The largest absolute Gasteiger partial charge is 0.317 e. The van der Waals surface area contributed by atoms with E-state index in [1.165, 1.54) is 31.5 Å². The summed E-state index contributed by atoms with van der Waals surface area (Å²) in [7, 11) is 1.95. The number of nitrogens with zero attached hydrogens (tertiary/aromatic N) is 2. The van der Waals surface area contributed by atoms with E-state index in [9.17, 15) is 0 Å². The van der Waals surface area contributed by atoms with Crippen molar-refractivity contribution in [1.29, 1.82) is 0 Å². The fraction of sp³-hybridized carbons (Fsp3) is 0.727. The van der Waals surface area contributed by atoms with Gasteiger partial charge >= 0.3 is 0 Å². The molecule has 15 heavy (non-hydrogen) atoms. The standard InChI is InChI=1S/C11H20N4/c1-15-9-11(8-14-15)7-13-6-10-2-4-12-5-3-10/h8-10,12-13H,2-7H2,1H3. The van der Waals surface area contributed by atoms with Crippen LogP contribution in [0.2, 0.25) is 0 Å². The molecule has 1 aliphatic heterocycles. The van der Waals surface area contributed by atoms with Crippen LogP contribution in [0, 0.1) is 5.92 Å². The fourth-order valence-electron chi connectivity index (χ4n) is 2.07. The molecule has 2 heterocycles. The summed E-state index contributed by atoms with van der Waals surface area (Å²) in [6, 6.07) is 0. The molecule has 0 aliphatic carbocycles. The van der Waals surface area contributed by atoms with Gasteiger partial charge in [0, 0.05) is 25.4 Å². The topological polar surface area (TPSA) is 41.9 Å². The van der Waals surface area contributed by atoms with Crippen molar-refractivity contribution in [3.63, 3.8) is 0 Å². The second-order valence-electron chi connectivity index (χ2n) is 4.35. The smallest absolute Gasteiger partial charge is 0.0534 e. The van der Waals surface area contributed by atoms with E-state index in [1.54, 1.807) is 0 Å². The van der Waals surface area contributed by atoms with Crippen LogP contribution in [-0.4, -0.2) is 29.4 Å². The quantitative estimate of drug-likeness (QED) is 0.757. The third kappa shape index (κ3) is 3.32. The minimum absolute atomic E-state index is 0.850. The van der Waals surface area contributed by atoms with Gasteiger partial charge in [-0.1, -0.05) is 0 Å². The summed E-state index contributed by atoms with van der Waals surface area (Å²) < 4.78 is 1.85. The highest BCUT2D eigenvalue weighted by atomic mass is 15.2. The Bertz CT molecular complexity index is 289. The Balaban J connectivity index is 1.65. The Hall–Kier alpha value is -0.870. The molecule has 0 atom stereocenters. The van der Waals surface area contributed by atoms with E-state index >= 15 is 0 Å². The summed E-state index contributed by atoms with van der Waals surface area (Å²) in [5.41, 5.74) is 1.27. The fourth-order valence-corrected chi connectivity index (χ4v) is 2.07. The first-order chi connectivity index (χ1) is 7.34. The van der Waals surface area contributed by atoms with Crippen LogP contribution in [-0.2, 0) is 13.6 Å². The zero-order valence-electron chi connectivity index (χ0n) is 9.37. The van der Waals surface area contributed by atoms with Crippen molar-refractivity contribution in [2.75, 3.05) is 19.6 Å². The van der Waals surface area contributed by atoms with Gasteiger partial charge in [0.1, 0.15) is 0 Å².